The molecule has 1 rings (SSSR count). The molecule has 0 aliphatic rings. The summed E-state index contributed by atoms with van der Waals surface area (Å²) in [5, 5.41) is 3.00. The molecule has 116 valence electrons. The number of hydrogen-bond donors (Lipinski definition) is 2. The molecule has 7 nitrogen and oxygen atoms in total. The highest BCUT2D eigenvalue weighted by atomic mass is 16.5. The SMILES string of the molecule is CCN(CC)C(=O)CCNc1cc(C(=O)OC)c(N)cn1. The third-order valence-corrected chi connectivity index (χ3v) is 3.10. The molecule has 0 aliphatic heterocycles. The maximum absolute atomic E-state index is 11.8. The van der Waals surface area contributed by atoms with Crippen LogP contribution < -0.4 is 11.1 Å². The second kappa shape index (κ2) is 8.08. The number of carbonyl (C=O) groups excluding carboxylic acids is 2. The molecule has 21 heavy (non-hydrogen) atoms. The van der Waals surface area contributed by atoms with Crippen LogP contribution in [0, 0.1) is 0 Å². The number of pyridine rings is 1. The number of carbonyl (C=O) groups is 2. The van der Waals surface area contributed by atoms with E-state index in [0.717, 1.165) is 0 Å². The van der Waals surface area contributed by atoms with E-state index in [1.54, 1.807) is 4.90 Å². The third kappa shape index (κ3) is 4.62. The first-order valence-electron chi connectivity index (χ1n) is 6.88. The Morgan fingerprint density at radius 2 is 2.05 bits per heavy atom. The Balaban J connectivity index is 2.60. The van der Waals surface area contributed by atoms with E-state index in [2.05, 4.69) is 15.0 Å². The summed E-state index contributed by atoms with van der Waals surface area (Å²) in [6, 6.07) is 1.52. The van der Waals surface area contributed by atoms with Crippen molar-refractivity contribution in [3.8, 4) is 0 Å². The van der Waals surface area contributed by atoms with Crippen molar-refractivity contribution in [1.29, 1.82) is 0 Å². The number of hydrogen-bond acceptors (Lipinski definition) is 6. The third-order valence-electron chi connectivity index (χ3n) is 3.10. The number of nitrogen functional groups attached to an aromatic ring is 1. The Morgan fingerprint density at radius 1 is 1.38 bits per heavy atom. The molecule has 0 saturated carbocycles. The fourth-order valence-electron chi connectivity index (χ4n) is 1.88. The summed E-state index contributed by atoms with van der Waals surface area (Å²) in [7, 11) is 1.29. The zero-order chi connectivity index (χ0) is 15.8. The lowest BCUT2D eigenvalue weighted by Gasteiger charge is -2.18. The highest BCUT2D eigenvalue weighted by Crippen LogP contribution is 2.15. The fourth-order valence-corrected chi connectivity index (χ4v) is 1.88. The summed E-state index contributed by atoms with van der Waals surface area (Å²) in [6.45, 7) is 5.72. The van der Waals surface area contributed by atoms with Gasteiger partial charge in [0.05, 0.1) is 24.6 Å². The van der Waals surface area contributed by atoms with Gasteiger partial charge < -0.3 is 20.7 Å². The van der Waals surface area contributed by atoms with Crippen LogP contribution in [0.4, 0.5) is 11.5 Å². The fraction of sp³-hybridized carbons (Fsp3) is 0.500. The molecule has 7 heteroatoms. The molecule has 0 radical (unpaired) electrons. The Labute approximate surface area is 124 Å². The first kappa shape index (κ1) is 16.7. The molecule has 0 bridgehead atoms. The number of rotatable bonds is 7. The quantitative estimate of drug-likeness (QED) is 0.731. The normalized spacial score (nSPS) is 10.0. The van der Waals surface area contributed by atoms with Gasteiger partial charge in [-0.15, -0.1) is 0 Å². The second-order valence-corrected chi connectivity index (χ2v) is 4.39. The van der Waals surface area contributed by atoms with Crippen LogP contribution in [-0.4, -0.2) is 48.5 Å². The zero-order valence-electron chi connectivity index (χ0n) is 12.7. The summed E-state index contributed by atoms with van der Waals surface area (Å²) < 4.78 is 4.64. The minimum Gasteiger partial charge on any atom is -0.465 e. The molecule has 0 fully saturated rings. The molecule has 3 N–H and O–H groups in total. The van der Waals surface area contributed by atoms with Gasteiger partial charge in [0.2, 0.25) is 5.91 Å². The number of aromatic nitrogens is 1. The van der Waals surface area contributed by atoms with Crippen molar-refractivity contribution in [2.24, 2.45) is 0 Å². The summed E-state index contributed by atoms with van der Waals surface area (Å²) in [6.07, 6.45) is 1.75. The molecule has 1 heterocycles. The highest BCUT2D eigenvalue weighted by Gasteiger charge is 2.12. The molecule has 0 aromatic carbocycles. The van der Waals surface area contributed by atoms with Crippen LogP contribution in [0.25, 0.3) is 0 Å². The number of esters is 1. The predicted molar refractivity (Wildman–Crippen MR) is 81.0 cm³/mol. The van der Waals surface area contributed by atoms with Gasteiger partial charge in [-0.3, -0.25) is 4.79 Å². The lowest BCUT2D eigenvalue weighted by atomic mass is 10.2. The number of ether oxygens (including phenoxy) is 1. The Bertz CT molecular complexity index is 501. The lowest BCUT2D eigenvalue weighted by molar-refractivity contribution is -0.130. The van der Waals surface area contributed by atoms with Crippen molar-refractivity contribution < 1.29 is 14.3 Å². The van der Waals surface area contributed by atoms with Gasteiger partial charge in [0.15, 0.2) is 0 Å². The van der Waals surface area contributed by atoms with E-state index in [-0.39, 0.29) is 17.2 Å². The molecule has 0 aliphatic carbocycles. The lowest BCUT2D eigenvalue weighted by Crippen LogP contribution is -2.31. The first-order chi connectivity index (χ1) is 10.0. The van der Waals surface area contributed by atoms with Crippen LogP contribution >= 0.6 is 0 Å². The maximum Gasteiger partial charge on any atom is 0.340 e. The maximum atomic E-state index is 11.8. The smallest absolute Gasteiger partial charge is 0.340 e. The van der Waals surface area contributed by atoms with Crippen LogP contribution in [0.5, 0.6) is 0 Å². The summed E-state index contributed by atoms with van der Waals surface area (Å²) in [5.74, 6) is 0.0465. The predicted octanol–water partition coefficient (Wildman–Crippen LogP) is 1.12. The number of amides is 1. The molecule has 1 amide bonds. The molecule has 0 unspecified atom stereocenters. The van der Waals surface area contributed by atoms with Crippen molar-refractivity contribution in [3.05, 3.63) is 17.8 Å². The Kier molecular flexibility index (Phi) is 6.45. The van der Waals surface area contributed by atoms with Gasteiger partial charge in [-0.2, -0.15) is 0 Å². The molecule has 0 spiro atoms. The summed E-state index contributed by atoms with van der Waals surface area (Å²) in [4.78, 5) is 29.2. The van der Waals surface area contributed by atoms with Gasteiger partial charge in [-0.1, -0.05) is 0 Å². The summed E-state index contributed by atoms with van der Waals surface area (Å²) >= 11 is 0. The first-order valence-corrected chi connectivity index (χ1v) is 6.88. The number of nitrogens with two attached hydrogens (primary N) is 1. The van der Waals surface area contributed by atoms with E-state index in [9.17, 15) is 9.59 Å². The van der Waals surface area contributed by atoms with Crippen molar-refractivity contribution in [2.45, 2.75) is 20.3 Å². The molecule has 1 aromatic heterocycles. The average molecular weight is 294 g/mol. The van der Waals surface area contributed by atoms with Crippen LogP contribution in [-0.2, 0) is 9.53 Å². The van der Waals surface area contributed by atoms with Gasteiger partial charge in [0, 0.05) is 26.1 Å². The van der Waals surface area contributed by atoms with Gasteiger partial charge >= 0.3 is 5.97 Å². The van der Waals surface area contributed by atoms with Crippen molar-refractivity contribution in [3.63, 3.8) is 0 Å². The van der Waals surface area contributed by atoms with E-state index in [1.807, 2.05) is 13.8 Å². The van der Waals surface area contributed by atoms with Gasteiger partial charge in [0.1, 0.15) is 5.82 Å². The van der Waals surface area contributed by atoms with E-state index < -0.39 is 5.97 Å². The van der Waals surface area contributed by atoms with Crippen molar-refractivity contribution in [1.82, 2.24) is 9.88 Å². The van der Waals surface area contributed by atoms with E-state index >= 15 is 0 Å². The topological polar surface area (TPSA) is 97.5 Å². The van der Waals surface area contributed by atoms with E-state index in [1.165, 1.54) is 19.4 Å². The largest absolute Gasteiger partial charge is 0.465 e. The Hall–Kier alpha value is -2.31. The number of methoxy groups -OCH3 is 1. The number of anilines is 2. The molecule has 1 aromatic rings. The minimum absolute atomic E-state index is 0.0798. The highest BCUT2D eigenvalue weighted by molar-refractivity contribution is 5.95. The van der Waals surface area contributed by atoms with Crippen LogP contribution in [0.1, 0.15) is 30.6 Å². The van der Waals surface area contributed by atoms with Crippen LogP contribution in [0.15, 0.2) is 12.3 Å². The minimum atomic E-state index is -0.517. The summed E-state index contributed by atoms with van der Waals surface area (Å²) in [5.41, 5.74) is 6.18. The van der Waals surface area contributed by atoms with Crippen molar-refractivity contribution >= 4 is 23.4 Å². The van der Waals surface area contributed by atoms with E-state index in [0.29, 0.717) is 31.9 Å². The molecular weight excluding hydrogens is 272 g/mol. The molecule has 0 atom stereocenters. The Morgan fingerprint density at radius 3 is 2.62 bits per heavy atom. The van der Waals surface area contributed by atoms with Crippen LogP contribution in [0.3, 0.4) is 0 Å². The molecule has 0 saturated heterocycles. The standard InChI is InChI=1S/C14H22N4O3/c1-4-18(5-2)13(19)6-7-16-12-8-10(14(20)21-3)11(15)9-17-12/h8-9H,4-7,15H2,1-3H3,(H,16,17). The van der Waals surface area contributed by atoms with Crippen molar-refractivity contribution in [2.75, 3.05) is 37.8 Å². The molecular formula is C14H22N4O3. The number of nitrogens with zero attached hydrogens (tertiary/aromatic N) is 2. The number of nitrogens with one attached hydrogen (secondary N) is 1. The van der Waals surface area contributed by atoms with E-state index in [4.69, 9.17) is 5.73 Å². The second-order valence-electron chi connectivity index (χ2n) is 4.39. The monoisotopic (exact) mass is 294 g/mol. The van der Waals surface area contributed by atoms with Gasteiger partial charge in [-0.25, -0.2) is 9.78 Å². The van der Waals surface area contributed by atoms with Crippen LogP contribution in [0.2, 0.25) is 0 Å². The zero-order valence-corrected chi connectivity index (χ0v) is 12.7. The van der Waals surface area contributed by atoms with Gasteiger partial charge in [-0.05, 0) is 19.9 Å². The van der Waals surface area contributed by atoms with Gasteiger partial charge in [0.25, 0.3) is 0 Å². The average Bonchev–Trinajstić information content (AvgIpc) is 2.49.